The molecule has 4 heteroatoms. The minimum atomic E-state index is 0.423. The average Bonchev–Trinajstić information content (AvgIpc) is 2.63. The number of aryl methyl sites for hydroxylation is 2. The summed E-state index contributed by atoms with van der Waals surface area (Å²) in [5.74, 6) is 1.56. The highest BCUT2D eigenvalue weighted by atomic mass is 35.5. The summed E-state index contributed by atoms with van der Waals surface area (Å²) < 4.78 is 7.52. The number of benzene rings is 1. The van der Waals surface area contributed by atoms with Crippen molar-refractivity contribution in [1.82, 2.24) is 9.55 Å². The second-order valence-corrected chi connectivity index (χ2v) is 4.08. The van der Waals surface area contributed by atoms with Crippen LogP contribution < -0.4 is 4.74 Å². The zero-order valence-electron chi connectivity index (χ0n) is 9.27. The Bertz CT molecular complexity index is 494. The second-order valence-electron chi connectivity index (χ2n) is 3.68. The first kappa shape index (κ1) is 11.0. The van der Waals surface area contributed by atoms with Gasteiger partial charge in [0.15, 0.2) is 0 Å². The van der Waals surface area contributed by atoms with Gasteiger partial charge in [-0.1, -0.05) is 17.7 Å². The third-order valence-electron chi connectivity index (χ3n) is 2.37. The Morgan fingerprint density at radius 2 is 2.25 bits per heavy atom. The van der Waals surface area contributed by atoms with Crippen LogP contribution in [-0.2, 0) is 13.7 Å². The molecule has 2 rings (SSSR count). The fourth-order valence-electron chi connectivity index (χ4n) is 1.40. The lowest BCUT2D eigenvalue weighted by Crippen LogP contribution is -2.03. The van der Waals surface area contributed by atoms with E-state index in [1.165, 1.54) is 0 Å². The molecule has 84 valence electrons. The van der Waals surface area contributed by atoms with Crippen LogP contribution in [-0.4, -0.2) is 9.55 Å². The van der Waals surface area contributed by atoms with Gasteiger partial charge in [0.25, 0.3) is 0 Å². The molecule has 1 aromatic heterocycles. The number of aromatic nitrogens is 2. The molecule has 0 unspecified atom stereocenters. The number of ether oxygens (including phenoxy) is 1. The van der Waals surface area contributed by atoms with Gasteiger partial charge in [0.05, 0.1) is 5.02 Å². The maximum atomic E-state index is 6.06. The summed E-state index contributed by atoms with van der Waals surface area (Å²) in [6.07, 6.45) is 3.63. The summed E-state index contributed by atoms with van der Waals surface area (Å²) in [5, 5.41) is 0.634. The van der Waals surface area contributed by atoms with Crippen molar-refractivity contribution in [1.29, 1.82) is 0 Å². The van der Waals surface area contributed by atoms with Gasteiger partial charge >= 0.3 is 0 Å². The zero-order chi connectivity index (χ0) is 11.5. The molecule has 2 aromatic rings. The van der Waals surface area contributed by atoms with Crippen LogP contribution in [0.4, 0.5) is 0 Å². The predicted molar refractivity (Wildman–Crippen MR) is 63.7 cm³/mol. The summed E-state index contributed by atoms with van der Waals surface area (Å²) in [6, 6.07) is 5.73. The second kappa shape index (κ2) is 4.58. The van der Waals surface area contributed by atoms with E-state index in [0.29, 0.717) is 17.4 Å². The molecule has 3 nitrogen and oxygen atoms in total. The topological polar surface area (TPSA) is 27.1 Å². The highest BCUT2D eigenvalue weighted by molar-refractivity contribution is 6.32. The largest absolute Gasteiger partial charge is 0.484 e. The van der Waals surface area contributed by atoms with Gasteiger partial charge in [-0.25, -0.2) is 4.98 Å². The number of halogens is 1. The Kier molecular flexibility index (Phi) is 3.15. The molecule has 0 bridgehead atoms. The Labute approximate surface area is 99.6 Å². The first-order chi connectivity index (χ1) is 7.66. The van der Waals surface area contributed by atoms with E-state index in [-0.39, 0.29) is 0 Å². The minimum Gasteiger partial charge on any atom is -0.484 e. The smallest absolute Gasteiger partial charge is 0.146 e. The van der Waals surface area contributed by atoms with Crippen molar-refractivity contribution in [2.45, 2.75) is 13.5 Å². The summed E-state index contributed by atoms with van der Waals surface area (Å²) >= 11 is 6.06. The van der Waals surface area contributed by atoms with Crippen molar-refractivity contribution in [3.8, 4) is 5.75 Å². The van der Waals surface area contributed by atoms with Crippen molar-refractivity contribution in [3.63, 3.8) is 0 Å². The monoisotopic (exact) mass is 236 g/mol. The van der Waals surface area contributed by atoms with Crippen LogP contribution >= 0.6 is 11.6 Å². The Hall–Kier alpha value is -1.48. The molecule has 0 amide bonds. The lowest BCUT2D eigenvalue weighted by molar-refractivity contribution is 0.292. The highest BCUT2D eigenvalue weighted by Crippen LogP contribution is 2.25. The summed E-state index contributed by atoms with van der Waals surface area (Å²) in [4.78, 5) is 4.17. The molecule has 1 aromatic carbocycles. The summed E-state index contributed by atoms with van der Waals surface area (Å²) in [7, 11) is 1.93. The van der Waals surface area contributed by atoms with Gasteiger partial charge in [-0.2, -0.15) is 0 Å². The molecule has 0 atom stereocenters. The van der Waals surface area contributed by atoms with Crippen molar-refractivity contribution < 1.29 is 4.74 Å². The number of imidazole rings is 1. The van der Waals surface area contributed by atoms with Gasteiger partial charge in [-0.15, -0.1) is 0 Å². The molecule has 0 N–H and O–H groups in total. The number of hydrogen-bond acceptors (Lipinski definition) is 2. The summed E-state index contributed by atoms with van der Waals surface area (Å²) in [6.45, 7) is 2.42. The van der Waals surface area contributed by atoms with E-state index in [1.54, 1.807) is 6.20 Å². The maximum absolute atomic E-state index is 6.06. The molecular formula is C12H13ClN2O. The van der Waals surface area contributed by atoms with E-state index in [2.05, 4.69) is 4.98 Å². The fourth-order valence-corrected chi connectivity index (χ4v) is 1.69. The van der Waals surface area contributed by atoms with E-state index < -0.39 is 0 Å². The van der Waals surface area contributed by atoms with Crippen LogP contribution in [0.3, 0.4) is 0 Å². The first-order valence-corrected chi connectivity index (χ1v) is 5.40. The van der Waals surface area contributed by atoms with Gasteiger partial charge in [-0.05, 0) is 24.6 Å². The van der Waals surface area contributed by atoms with Crippen LogP contribution in [0.2, 0.25) is 5.02 Å². The molecule has 0 radical (unpaired) electrons. The highest BCUT2D eigenvalue weighted by Gasteiger charge is 2.04. The third kappa shape index (κ3) is 2.36. The van der Waals surface area contributed by atoms with Crippen LogP contribution in [0.5, 0.6) is 5.75 Å². The van der Waals surface area contributed by atoms with E-state index in [0.717, 1.165) is 11.4 Å². The van der Waals surface area contributed by atoms with Gasteiger partial charge in [0.1, 0.15) is 18.2 Å². The number of rotatable bonds is 3. The van der Waals surface area contributed by atoms with Crippen LogP contribution in [0.1, 0.15) is 11.4 Å². The maximum Gasteiger partial charge on any atom is 0.146 e. The number of nitrogens with zero attached hydrogens (tertiary/aromatic N) is 2. The van der Waals surface area contributed by atoms with E-state index in [4.69, 9.17) is 16.3 Å². The van der Waals surface area contributed by atoms with Gasteiger partial charge in [0, 0.05) is 19.4 Å². The van der Waals surface area contributed by atoms with Gasteiger partial charge < -0.3 is 9.30 Å². The molecule has 0 aliphatic carbocycles. The third-order valence-corrected chi connectivity index (χ3v) is 2.66. The summed E-state index contributed by atoms with van der Waals surface area (Å²) in [5.41, 5.74) is 1.12. The Balaban J connectivity index is 2.08. The average molecular weight is 237 g/mol. The van der Waals surface area contributed by atoms with E-state index in [9.17, 15) is 0 Å². The van der Waals surface area contributed by atoms with Gasteiger partial charge in [0.2, 0.25) is 0 Å². The minimum absolute atomic E-state index is 0.423. The fraction of sp³-hybridized carbons (Fsp3) is 0.250. The molecule has 0 saturated carbocycles. The number of hydrogen-bond donors (Lipinski definition) is 0. The van der Waals surface area contributed by atoms with Crippen molar-refractivity contribution in [3.05, 3.63) is 47.0 Å². The lowest BCUT2D eigenvalue weighted by atomic mass is 10.2. The Morgan fingerprint density at radius 3 is 2.88 bits per heavy atom. The van der Waals surface area contributed by atoms with Crippen molar-refractivity contribution in [2.75, 3.05) is 0 Å². The molecule has 1 heterocycles. The van der Waals surface area contributed by atoms with Gasteiger partial charge in [-0.3, -0.25) is 0 Å². The van der Waals surface area contributed by atoms with Crippen LogP contribution in [0, 0.1) is 6.92 Å². The SMILES string of the molecule is Cc1ccc(OCc2nccn2C)c(Cl)c1. The first-order valence-electron chi connectivity index (χ1n) is 5.02. The Morgan fingerprint density at radius 1 is 1.44 bits per heavy atom. The molecule has 0 aliphatic rings. The predicted octanol–water partition coefficient (Wildman–Crippen LogP) is 2.96. The molecule has 0 aliphatic heterocycles. The molecule has 16 heavy (non-hydrogen) atoms. The molecule has 0 saturated heterocycles. The van der Waals surface area contributed by atoms with E-state index in [1.807, 2.05) is 42.9 Å². The zero-order valence-corrected chi connectivity index (χ0v) is 10.0. The normalized spacial score (nSPS) is 10.4. The lowest BCUT2D eigenvalue weighted by Gasteiger charge is -2.08. The van der Waals surface area contributed by atoms with Crippen LogP contribution in [0.15, 0.2) is 30.6 Å². The van der Waals surface area contributed by atoms with Crippen molar-refractivity contribution >= 4 is 11.6 Å². The quantitative estimate of drug-likeness (QED) is 0.819. The molecular weight excluding hydrogens is 224 g/mol. The molecule has 0 fully saturated rings. The van der Waals surface area contributed by atoms with Crippen LogP contribution in [0.25, 0.3) is 0 Å². The van der Waals surface area contributed by atoms with Crippen molar-refractivity contribution in [2.24, 2.45) is 7.05 Å². The standard InChI is InChI=1S/C12H13ClN2O/c1-9-3-4-11(10(13)7-9)16-8-12-14-5-6-15(12)2/h3-7H,8H2,1-2H3. The molecule has 0 spiro atoms. The van der Waals surface area contributed by atoms with E-state index >= 15 is 0 Å².